The summed E-state index contributed by atoms with van der Waals surface area (Å²) in [6, 6.07) is 2.02. The summed E-state index contributed by atoms with van der Waals surface area (Å²) < 4.78 is 39.5. The predicted octanol–water partition coefficient (Wildman–Crippen LogP) is 3.25. The van der Waals surface area contributed by atoms with Gasteiger partial charge in [-0.1, -0.05) is 29.3 Å². The van der Waals surface area contributed by atoms with Gasteiger partial charge in [-0.25, -0.2) is 5.43 Å². The highest BCUT2D eigenvalue weighted by Gasteiger charge is 2.47. The second-order valence-electron chi connectivity index (χ2n) is 5.89. The number of nitrogens with one attached hydrogen (secondary N) is 3. The van der Waals surface area contributed by atoms with Crippen molar-refractivity contribution in [1.29, 1.82) is 0 Å². The van der Waals surface area contributed by atoms with Crippen molar-refractivity contribution in [3.63, 3.8) is 0 Å². The van der Waals surface area contributed by atoms with Crippen LogP contribution in [-0.2, 0) is 4.79 Å². The van der Waals surface area contributed by atoms with Crippen LogP contribution in [0.1, 0.15) is 18.5 Å². The van der Waals surface area contributed by atoms with Gasteiger partial charge in [0.2, 0.25) is 0 Å². The average molecular weight is 407 g/mol. The van der Waals surface area contributed by atoms with Gasteiger partial charge in [0.05, 0.1) is 15.6 Å². The molecule has 0 saturated heterocycles. The predicted molar refractivity (Wildman–Crippen MR) is 92.0 cm³/mol. The van der Waals surface area contributed by atoms with E-state index in [1.807, 2.05) is 0 Å². The Kier molecular flexibility index (Phi) is 4.85. The van der Waals surface area contributed by atoms with Crippen molar-refractivity contribution in [2.24, 2.45) is 0 Å². The maximum atomic E-state index is 13.2. The van der Waals surface area contributed by atoms with Gasteiger partial charge in [0, 0.05) is 12.7 Å². The number of fused-ring (bicyclic) bond motifs is 1. The molecule has 3 N–H and O–H groups in total. The fourth-order valence-electron chi connectivity index (χ4n) is 3.00. The fourth-order valence-corrected chi connectivity index (χ4v) is 3.31. The molecule has 1 aromatic carbocycles. The first kappa shape index (κ1) is 18.9. The van der Waals surface area contributed by atoms with E-state index in [2.05, 4.69) is 16.1 Å². The molecular weight excluding hydrogens is 392 g/mol. The molecule has 0 fully saturated rings. The van der Waals surface area contributed by atoms with Crippen LogP contribution in [0.2, 0.25) is 10.0 Å². The van der Waals surface area contributed by atoms with E-state index in [1.165, 1.54) is 18.1 Å². The van der Waals surface area contributed by atoms with E-state index in [0.29, 0.717) is 16.3 Å². The number of amides is 1. The topological polar surface area (TPSA) is 56.4 Å². The third-order valence-corrected chi connectivity index (χ3v) is 4.94. The van der Waals surface area contributed by atoms with Crippen molar-refractivity contribution in [3.05, 3.63) is 57.0 Å². The third kappa shape index (κ3) is 3.24. The molecule has 2 aliphatic heterocycles. The van der Waals surface area contributed by atoms with Crippen LogP contribution in [0.4, 0.5) is 13.2 Å². The molecule has 3 rings (SSSR count). The lowest BCUT2D eigenvalue weighted by Gasteiger charge is -2.39. The minimum absolute atomic E-state index is 0.216. The second kappa shape index (κ2) is 6.68. The number of allylic oxidation sites excluding steroid dienone is 1. The SMILES string of the molecule is CNC(=O)C1=C(C)NC2=CC(C(F)(F)F)NN2C1c1ccc(Cl)c(Cl)c1. The van der Waals surface area contributed by atoms with Crippen molar-refractivity contribution >= 4 is 29.1 Å². The van der Waals surface area contributed by atoms with Gasteiger partial charge in [-0.15, -0.1) is 0 Å². The lowest BCUT2D eigenvalue weighted by Crippen LogP contribution is -2.51. The number of likely N-dealkylation sites (N-methyl/N-ethyl adjacent to an activating group) is 1. The number of halogens is 5. The highest BCUT2D eigenvalue weighted by molar-refractivity contribution is 6.42. The molecule has 26 heavy (non-hydrogen) atoms. The van der Waals surface area contributed by atoms with Crippen LogP contribution in [0.5, 0.6) is 0 Å². The standard InChI is InChI=1S/C16H15Cl2F3N4O/c1-7-13(15(26)22-2)14(8-3-4-9(17)10(18)5-8)25-12(23-7)6-11(24-25)16(19,20)21/h3-6,11,14,23-24H,1-2H3,(H,22,26). The molecule has 10 heteroatoms. The molecule has 0 radical (unpaired) electrons. The zero-order chi connectivity index (χ0) is 19.2. The van der Waals surface area contributed by atoms with Crippen LogP contribution in [0.15, 0.2) is 41.4 Å². The number of alkyl halides is 3. The smallest absolute Gasteiger partial charge is 0.355 e. The maximum Gasteiger partial charge on any atom is 0.409 e. The molecule has 2 aliphatic rings. The number of rotatable bonds is 2. The highest BCUT2D eigenvalue weighted by atomic mass is 35.5. The van der Waals surface area contributed by atoms with Crippen molar-refractivity contribution in [1.82, 2.24) is 21.1 Å². The quantitative estimate of drug-likeness (QED) is 0.705. The van der Waals surface area contributed by atoms with Crippen LogP contribution in [0.25, 0.3) is 0 Å². The Hall–Kier alpha value is -1.90. The van der Waals surface area contributed by atoms with Crippen molar-refractivity contribution in [3.8, 4) is 0 Å². The number of benzene rings is 1. The van der Waals surface area contributed by atoms with E-state index in [-0.39, 0.29) is 16.4 Å². The molecule has 5 nitrogen and oxygen atoms in total. The van der Waals surface area contributed by atoms with Gasteiger partial charge < -0.3 is 10.6 Å². The van der Waals surface area contributed by atoms with Gasteiger partial charge in [-0.2, -0.15) is 13.2 Å². The van der Waals surface area contributed by atoms with Gasteiger partial charge >= 0.3 is 6.18 Å². The number of hydrogen-bond acceptors (Lipinski definition) is 4. The first-order valence-electron chi connectivity index (χ1n) is 7.62. The minimum Gasteiger partial charge on any atom is -0.355 e. The largest absolute Gasteiger partial charge is 0.409 e. The summed E-state index contributed by atoms with van der Waals surface area (Å²) in [5.74, 6) is -0.198. The summed E-state index contributed by atoms with van der Waals surface area (Å²) in [5.41, 5.74) is 3.66. The third-order valence-electron chi connectivity index (χ3n) is 4.20. The zero-order valence-corrected chi connectivity index (χ0v) is 15.2. The molecule has 2 heterocycles. The lowest BCUT2D eigenvalue weighted by molar-refractivity contribution is -0.151. The fraction of sp³-hybridized carbons (Fsp3) is 0.312. The Morgan fingerprint density at radius 1 is 1.27 bits per heavy atom. The first-order chi connectivity index (χ1) is 12.1. The Labute approximate surface area is 157 Å². The summed E-state index contributed by atoms with van der Waals surface area (Å²) >= 11 is 12.0. The van der Waals surface area contributed by atoms with Gasteiger partial charge in [0.25, 0.3) is 5.91 Å². The molecule has 0 aromatic heterocycles. The van der Waals surface area contributed by atoms with E-state index in [0.717, 1.165) is 6.08 Å². The molecule has 0 aliphatic carbocycles. The number of hydrazine groups is 1. The van der Waals surface area contributed by atoms with Crippen LogP contribution >= 0.6 is 23.2 Å². The molecule has 0 bridgehead atoms. The average Bonchev–Trinajstić information content (AvgIpc) is 2.99. The van der Waals surface area contributed by atoms with Crippen LogP contribution in [0.3, 0.4) is 0 Å². The van der Waals surface area contributed by atoms with Crippen LogP contribution in [-0.4, -0.2) is 30.2 Å². The van der Waals surface area contributed by atoms with Crippen molar-refractivity contribution in [2.45, 2.75) is 25.2 Å². The zero-order valence-electron chi connectivity index (χ0n) is 13.7. The van der Waals surface area contributed by atoms with Gasteiger partial charge in [0.1, 0.15) is 17.9 Å². The minimum atomic E-state index is -4.48. The summed E-state index contributed by atoms with van der Waals surface area (Å²) in [6.07, 6.45) is -3.44. The molecular formula is C16H15Cl2F3N4O. The normalized spacial score (nSPS) is 22.7. The Bertz CT molecular complexity index is 822. The molecule has 2 atom stereocenters. The molecule has 1 amide bonds. The van der Waals surface area contributed by atoms with E-state index in [9.17, 15) is 18.0 Å². The van der Waals surface area contributed by atoms with Crippen LogP contribution in [0, 0.1) is 0 Å². The Morgan fingerprint density at radius 2 is 1.96 bits per heavy atom. The number of carbonyl (C=O) groups is 1. The van der Waals surface area contributed by atoms with Gasteiger partial charge in [-0.05, 0) is 30.7 Å². The maximum absolute atomic E-state index is 13.2. The number of hydrogen-bond donors (Lipinski definition) is 3. The first-order valence-corrected chi connectivity index (χ1v) is 8.38. The molecule has 1 aromatic rings. The summed E-state index contributed by atoms with van der Waals surface area (Å²) in [7, 11) is 1.45. The summed E-state index contributed by atoms with van der Waals surface area (Å²) in [6.45, 7) is 1.63. The number of nitrogens with zero attached hydrogens (tertiary/aromatic N) is 1. The monoisotopic (exact) mass is 406 g/mol. The Morgan fingerprint density at radius 3 is 2.54 bits per heavy atom. The summed E-state index contributed by atoms with van der Waals surface area (Å²) in [4.78, 5) is 12.4. The van der Waals surface area contributed by atoms with E-state index < -0.39 is 24.2 Å². The lowest BCUT2D eigenvalue weighted by atomic mass is 9.94. The van der Waals surface area contributed by atoms with Gasteiger partial charge in [-0.3, -0.25) is 9.80 Å². The number of carbonyl (C=O) groups excluding carboxylic acids is 1. The molecule has 140 valence electrons. The van der Waals surface area contributed by atoms with E-state index in [4.69, 9.17) is 23.2 Å². The highest BCUT2D eigenvalue weighted by Crippen LogP contribution is 2.40. The van der Waals surface area contributed by atoms with Crippen LogP contribution < -0.4 is 16.1 Å². The molecule has 0 spiro atoms. The van der Waals surface area contributed by atoms with Gasteiger partial charge in [0.15, 0.2) is 0 Å². The van der Waals surface area contributed by atoms with E-state index in [1.54, 1.807) is 19.1 Å². The van der Waals surface area contributed by atoms with Crippen molar-refractivity contribution in [2.75, 3.05) is 7.05 Å². The van der Waals surface area contributed by atoms with E-state index >= 15 is 0 Å². The molecule has 0 saturated carbocycles. The molecule has 2 unspecified atom stereocenters. The summed E-state index contributed by atoms with van der Waals surface area (Å²) in [5, 5.41) is 7.22. The van der Waals surface area contributed by atoms with Crippen molar-refractivity contribution < 1.29 is 18.0 Å². The second-order valence-corrected chi connectivity index (χ2v) is 6.70. The Balaban J connectivity index is 2.11.